The van der Waals surface area contributed by atoms with Gasteiger partial charge < -0.3 is 18.9 Å². The molecule has 0 fully saturated rings. The van der Waals surface area contributed by atoms with E-state index in [9.17, 15) is 19.2 Å². The Morgan fingerprint density at radius 1 is 0.622 bits per heavy atom. The molecule has 0 atom stereocenters. The fraction of sp³-hybridized carbons (Fsp3) is 0.375. The maximum atomic E-state index is 14.3. The number of fused-ring (bicyclic) bond motifs is 4. The van der Waals surface area contributed by atoms with Crippen LogP contribution in [0.25, 0.3) is 54.4 Å². The minimum Gasteiger partial charge on any atom is -0.351 e. The van der Waals surface area contributed by atoms with Gasteiger partial charge in [-0.05, 0) is 34.1 Å². The molecule has 0 aliphatic rings. The molecule has 6 rings (SSSR count). The van der Waals surface area contributed by atoms with Crippen LogP contribution in [0.15, 0.2) is 54.0 Å². The van der Waals surface area contributed by atoms with Crippen LogP contribution in [0.4, 0.5) is 0 Å². The van der Waals surface area contributed by atoms with Gasteiger partial charge in [0.2, 0.25) is 0 Å². The van der Waals surface area contributed by atoms with Gasteiger partial charge in [0.1, 0.15) is 0 Å². The molecule has 0 amide bonds. The summed E-state index contributed by atoms with van der Waals surface area (Å²) in [5, 5.41) is 1.88. The van der Waals surface area contributed by atoms with Crippen LogP contribution in [0.1, 0.15) is 12.8 Å². The molecular weight excluding hydrogens is 866 g/mol. The normalized spacial score (nSPS) is 12.4. The Balaban J connectivity index is 0.00000230. The van der Waals surface area contributed by atoms with E-state index in [2.05, 4.69) is 68.2 Å². The number of hydrogen-bond donors (Lipinski definition) is 2. The fourth-order valence-corrected chi connectivity index (χ4v) is 6.83. The predicted molar refractivity (Wildman–Crippen MR) is 208 cm³/mol. The fourth-order valence-electron chi connectivity index (χ4n) is 6.23. The van der Waals surface area contributed by atoms with Crippen molar-refractivity contribution >= 4 is 118 Å². The molecule has 6 aromatic rings. The summed E-state index contributed by atoms with van der Waals surface area (Å²) in [4.78, 5) is 63.3. The van der Waals surface area contributed by atoms with Crippen molar-refractivity contribution in [1.82, 2.24) is 19.1 Å². The van der Waals surface area contributed by atoms with E-state index in [0.717, 1.165) is 24.1 Å². The van der Waals surface area contributed by atoms with Crippen LogP contribution in [0.2, 0.25) is 0 Å². The van der Waals surface area contributed by atoms with E-state index in [1.54, 1.807) is 6.07 Å². The molecule has 240 valence electrons. The molecule has 10 nitrogen and oxygen atoms in total. The Bertz CT molecular complexity index is 2330. The number of pyridine rings is 2. The first kappa shape index (κ1) is 35.5. The second kappa shape index (κ2) is 12.7. The molecule has 45 heavy (non-hydrogen) atoms. The van der Waals surface area contributed by atoms with Gasteiger partial charge in [0.15, 0.2) is 0 Å². The Morgan fingerprint density at radius 2 is 1.04 bits per heavy atom. The number of benzene rings is 3. The van der Waals surface area contributed by atoms with Gasteiger partial charge in [-0.15, -0.1) is 48.0 Å². The van der Waals surface area contributed by atoms with Crippen molar-refractivity contribution in [1.29, 1.82) is 0 Å². The van der Waals surface area contributed by atoms with E-state index < -0.39 is 22.2 Å². The molecule has 3 heterocycles. The molecule has 0 aliphatic heterocycles. The smallest absolute Gasteiger partial charge is 0.263 e. The van der Waals surface area contributed by atoms with E-state index in [1.165, 1.54) is 9.13 Å². The summed E-state index contributed by atoms with van der Waals surface area (Å²) in [7, 11) is 12.4. The van der Waals surface area contributed by atoms with Crippen molar-refractivity contribution in [2.75, 3.05) is 55.4 Å². The molecule has 0 bridgehead atoms. The van der Waals surface area contributed by atoms with Crippen LogP contribution in [-0.2, 0) is 13.1 Å². The largest absolute Gasteiger partial charge is 0.351 e. The van der Waals surface area contributed by atoms with Crippen molar-refractivity contribution in [3.63, 3.8) is 0 Å². The maximum Gasteiger partial charge on any atom is 0.263 e. The summed E-state index contributed by atoms with van der Waals surface area (Å²) in [6, 6.07) is 9.19. The molecule has 0 unspecified atom stereocenters. The topological polar surface area (TPSA) is 110 Å². The second-order valence-electron chi connectivity index (χ2n) is 13.6. The van der Waals surface area contributed by atoms with Crippen molar-refractivity contribution in [3.8, 4) is 0 Å². The molecule has 3 aromatic carbocycles. The summed E-state index contributed by atoms with van der Waals surface area (Å²) in [6.45, 7) is 2.06. The summed E-state index contributed by atoms with van der Waals surface area (Å²) >= 11 is 3.58. The first-order valence-electron chi connectivity index (χ1n) is 14.5. The molecule has 13 heteroatoms. The maximum absolute atomic E-state index is 14.3. The highest BCUT2D eigenvalue weighted by Crippen LogP contribution is 2.38. The van der Waals surface area contributed by atoms with Crippen molar-refractivity contribution < 1.29 is 8.97 Å². The Kier molecular flexibility index (Phi) is 10.0. The van der Waals surface area contributed by atoms with E-state index in [-0.39, 0.29) is 66.4 Å². The molecule has 0 radical (unpaired) electrons. The molecule has 2 N–H and O–H groups in total. The third-order valence-corrected chi connectivity index (χ3v) is 8.87. The van der Waals surface area contributed by atoms with Gasteiger partial charge >= 0.3 is 0 Å². The van der Waals surface area contributed by atoms with E-state index in [0.29, 0.717) is 64.2 Å². The van der Waals surface area contributed by atoms with E-state index >= 15 is 0 Å². The summed E-state index contributed by atoms with van der Waals surface area (Å²) in [5.41, 5.74) is 0.642. The van der Waals surface area contributed by atoms with Crippen LogP contribution in [0, 0.1) is 0 Å². The highest BCUT2D eigenvalue weighted by molar-refractivity contribution is 14.0. The van der Waals surface area contributed by atoms with Gasteiger partial charge in [0.25, 0.3) is 22.2 Å². The SMILES string of the molecule is C[N+](C)(C)CCCn1c(=O)c2cc(Br)c3c(=O)n(CCC[N+](C)(C)C)c(=O)c4c5[nH]c6ccccc6[nH]c5c(c1=O)c2c34.I.I. The number of nitrogens with one attached hydrogen (secondary N) is 2. The van der Waals surface area contributed by atoms with Crippen LogP contribution in [0.5, 0.6) is 0 Å². The van der Waals surface area contributed by atoms with E-state index in [4.69, 9.17) is 0 Å². The highest BCUT2D eigenvalue weighted by Gasteiger charge is 2.27. The Labute approximate surface area is 301 Å². The average molecular weight is 905 g/mol. The highest BCUT2D eigenvalue weighted by atomic mass is 127. The summed E-state index contributed by atoms with van der Waals surface area (Å²) in [5.74, 6) is 0. The lowest BCUT2D eigenvalue weighted by Crippen LogP contribution is -2.39. The monoisotopic (exact) mass is 904 g/mol. The van der Waals surface area contributed by atoms with Crippen molar-refractivity contribution in [2.24, 2.45) is 0 Å². The van der Waals surface area contributed by atoms with Gasteiger partial charge in [-0.1, -0.05) is 12.1 Å². The van der Waals surface area contributed by atoms with Gasteiger partial charge in [-0.3, -0.25) is 28.3 Å². The number of halogens is 3. The first-order valence-corrected chi connectivity index (χ1v) is 15.3. The molecule has 0 saturated heterocycles. The summed E-state index contributed by atoms with van der Waals surface area (Å²) < 4.78 is 4.42. The Morgan fingerprint density at radius 3 is 1.51 bits per heavy atom. The number of para-hydroxylation sites is 2. The zero-order valence-corrected chi connectivity index (χ0v) is 32.5. The quantitative estimate of drug-likeness (QED) is 0.0993. The van der Waals surface area contributed by atoms with Crippen molar-refractivity contribution in [3.05, 3.63) is 76.2 Å². The number of nitrogens with zero attached hydrogens (tertiary/aromatic N) is 4. The third-order valence-electron chi connectivity index (χ3n) is 8.25. The lowest BCUT2D eigenvalue weighted by molar-refractivity contribution is -0.870. The minimum atomic E-state index is -0.440. The average Bonchev–Trinajstić information content (AvgIpc) is 2.91. The lowest BCUT2D eigenvalue weighted by atomic mass is 9.94. The lowest BCUT2D eigenvalue weighted by Gasteiger charge is -2.24. The zero-order valence-electron chi connectivity index (χ0n) is 26.2. The number of aromatic amines is 2. The molecular formula is C32H39BrI2N6O4+2. The van der Waals surface area contributed by atoms with Gasteiger partial charge in [-0.2, -0.15) is 0 Å². The van der Waals surface area contributed by atoms with Crippen LogP contribution < -0.4 is 22.2 Å². The van der Waals surface area contributed by atoms with Crippen molar-refractivity contribution in [2.45, 2.75) is 25.9 Å². The number of rotatable bonds is 8. The van der Waals surface area contributed by atoms with Crippen LogP contribution in [-0.4, -0.2) is 83.4 Å². The molecule has 3 aromatic heterocycles. The molecule has 0 spiro atoms. The number of quaternary nitrogens is 2. The minimum absolute atomic E-state index is 0. The number of H-pyrrole nitrogens is 2. The molecule has 0 saturated carbocycles. The number of hydrogen-bond acceptors (Lipinski definition) is 4. The standard InChI is InChI=1S/C32H35BrN6O4.2HI/c1-38(2,3)15-9-13-36-29(40)18-17-19(33)23-24-22(18)25(31(36)42)27-28(35-21-12-8-7-11-20(21)34-27)26(24)32(43)37(30(23)41)14-10-16-39(4,5)6;;/h7-8,11-12,17H,9-10,13-16H2,1-6H3;2*1H/p+2. The predicted octanol–water partition coefficient (Wildman–Crippen LogP) is 4.78. The van der Waals surface area contributed by atoms with Gasteiger partial charge in [0.05, 0.1) is 93.6 Å². The van der Waals surface area contributed by atoms with E-state index in [1.807, 2.05) is 24.3 Å². The summed E-state index contributed by atoms with van der Waals surface area (Å²) in [6.07, 6.45) is 1.26. The van der Waals surface area contributed by atoms with Crippen LogP contribution >= 0.6 is 63.9 Å². The second-order valence-corrected chi connectivity index (χ2v) is 14.4. The molecule has 0 aliphatic carbocycles. The Hall–Kier alpha value is -2.34. The first-order chi connectivity index (χ1) is 20.2. The van der Waals surface area contributed by atoms with Gasteiger partial charge in [0, 0.05) is 46.6 Å². The van der Waals surface area contributed by atoms with Gasteiger partial charge in [-0.25, -0.2) is 0 Å². The zero-order chi connectivity index (χ0) is 31.0. The number of aromatic nitrogens is 4. The van der Waals surface area contributed by atoms with Crippen LogP contribution in [0.3, 0.4) is 0 Å². The third kappa shape index (κ3) is 6.22.